The van der Waals surface area contributed by atoms with Crippen LogP contribution in [-0.4, -0.2) is 30.1 Å². The van der Waals surface area contributed by atoms with E-state index in [1.54, 1.807) is 39.2 Å². The van der Waals surface area contributed by atoms with Gasteiger partial charge < -0.3 is 14.8 Å². The summed E-state index contributed by atoms with van der Waals surface area (Å²) in [7, 11) is 1.60. The standard InChI is InChI=1S/C20H20N2O4S/c1-12(2)26-19(24)14-6-9-16-17(11-14)27-20(21-16)22-18(23)10-13-4-7-15(25-3)8-5-13/h4-9,11-12H,10H2,1-3H3,(H,21,22,23). The van der Waals surface area contributed by atoms with Crippen LogP contribution in [0.5, 0.6) is 5.75 Å². The number of ether oxygens (including phenoxy) is 2. The van der Waals surface area contributed by atoms with Gasteiger partial charge in [-0.3, -0.25) is 4.79 Å². The first-order valence-electron chi connectivity index (χ1n) is 8.49. The number of hydrogen-bond acceptors (Lipinski definition) is 6. The molecule has 140 valence electrons. The minimum absolute atomic E-state index is 0.154. The Morgan fingerprint density at radius 3 is 2.56 bits per heavy atom. The zero-order chi connectivity index (χ0) is 19.4. The molecule has 7 heteroatoms. The maximum absolute atomic E-state index is 12.3. The molecular weight excluding hydrogens is 364 g/mol. The Labute approximate surface area is 161 Å². The van der Waals surface area contributed by atoms with Gasteiger partial charge >= 0.3 is 5.97 Å². The van der Waals surface area contributed by atoms with Crippen molar-refractivity contribution >= 4 is 38.6 Å². The zero-order valence-electron chi connectivity index (χ0n) is 15.3. The molecule has 1 amide bonds. The lowest BCUT2D eigenvalue weighted by molar-refractivity contribution is -0.115. The van der Waals surface area contributed by atoms with Crippen molar-refractivity contribution in [1.29, 1.82) is 0 Å². The molecular formula is C20H20N2O4S. The molecule has 0 aliphatic carbocycles. The summed E-state index contributed by atoms with van der Waals surface area (Å²) in [5, 5.41) is 3.31. The minimum atomic E-state index is -0.370. The van der Waals surface area contributed by atoms with E-state index in [1.165, 1.54) is 11.3 Å². The van der Waals surface area contributed by atoms with E-state index in [-0.39, 0.29) is 24.4 Å². The molecule has 0 saturated carbocycles. The lowest BCUT2D eigenvalue weighted by Gasteiger charge is -2.07. The van der Waals surface area contributed by atoms with Gasteiger partial charge in [-0.15, -0.1) is 0 Å². The number of methoxy groups -OCH3 is 1. The summed E-state index contributed by atoms with van der Waals surface area (Å²) < 4.78 is 11.1. The average molecular weight is 384 g/mol. The second-order valence-electron chi connectivity index (χ2n) is 6.23. The van der Waals surface area contributed by atoms with Crippen LogP contribution in [0.15, 0.2) is 42.5 Å². The molecule has 0 spiro atoms. The number of nitrogens with zero attached hydrogens (tertiary/aromatic N) is 1. The SMILES string of the molecule is COc1ccc(CC(=O)Nc2nc3ccc(C(=O)OC(C)C)cc3s2)cc1. The highest BCUT2D eigenvalue weighted by atomic mass is 32.1. The quantitative estimate of drug-likeness (QED) is 0.649. The molecule has 0 aliphatic rings. The highest BCUT2D eigenvalue weighted by molar-refractivity contribution is 7.22. The topological polar surface area (TPSA) is 77.5 Å². The Kier molecular flexibility index (Phi) is 5.71. The molecule has 0 radical (unpaired) electrons. The Hall–Kier alpha value is -2.93. The second kappa shape index (κ2) is 8.18. The molecule has 1 aromatic heterocycles. The predicted octanol–water partition coefficient (Wildman–Crippen LogP) is 4.05. The smallest absolute Gasteiger partial charge is 0.338 e. The van der Waals surface area contributed by atoms with Gasteiger partial charge in [0.05, 0.1) is 35.4 Å². The van der Waals surface area contributed by atoms with Crippen molar-refractivity contribution in [2.45, 2.75) is 26.4 Å². The first kappa shape index (κ1) is 18.8. The van der Waals surface area contributed by atoms with E-state index in [2.05, 4.69) is 10.3 Å². The summed E-state index contributed by atoms with van der Waals surface area (Å²) in [4.78, 5) is 28.7. The number of esters is 1. The van der Waals surface area contributed by atoms with E-state index in [4.69, 9.17) is 9.47 Å². The van der Waals surface area contributed by atoms with Gasteiger partial charge in [-0.2, -0.15) is 0 Å². The molecule has 3 rings (SSSR count). The molecule has 27 heavy (non-hydrogen) atoms. The van der Waals surface area contributed by atoms with Crippen molar-refractivity contribution < 1.29 is 19.1 Å². The first-order valence-corrected chi connectivity index (χ1v) is 9.30. The molecule has 0 bridgehead atoms. The number of thiazole rings is 1. The third-order valence-electron chi connectivity index (χ3n) is 3.74. The molecule has 1 N–H and O–H groups in total. The molecule has 6 nitrogen and oxygen atoms in total. The van der Waals surface area contributed by atoms with Crippen molar-refractivity contribution in [3.63, 3.8) is 0 Å². The molecule has 1 heterocycles. The fourth-order valence-electron chi connectivity index (χ4n) is 2.48. The Bertz CT molecular complexity index is 964. The van der Waals surface area contributed by atoms with Gasteiger partial charge in [0.15, 0.2) is 5.13 Å². The predicted molar refractivity (Wildman–Crippen MR) is 105 cm³/mol. The fraction of sp³-hybridized carbons (Fsp3) is 0.250. The third kappa shape index (κ3) is 4.83. The van der Waals surface area contributed by atoms with Crippen LogP contribution in [0.2, 0.25) is 0 Å². The van der Waals surface area contributed by atoms with E-state index in [0.717, 1.165) is 21.5 Å². The van der Waals surface area contributed by atoms with Crippen molar-refractivity contribution in [2.75, 3.05) is 12.4 Å². The van der Waals surface area contributed by atoms with Crippen molar-refractivity contribution in [3.8, 4) is 5.75 Å². The number of aromatic nitrogens is 1. The monoisotopic (exact) mass is 384 g/mol. The Balaban J connectivity index is 1.69. The molecule has 0 unspecified atom stereocenters. The van der Waals surface area contributed by atoms with E-state index in [9.17, 15) is 9.59 Å². The first-order chi connectivity index (χ1) is 12.9. The van der Waals surface area contributed by atoms with Gasteiger partial charge in [0.1, 0.15) is 5.75 Å². The number of fused-ring (bicyclic) bond motifs is 1. The maximum atomic E-state index is 12.3. The number of rotatable bonds is 6. The third-order valence-corrected chi connectivity index (χ3v) is 4.67. The van der Waals surface area contributed by atoms with Crippen molar-refractivity contribution in [2.24, 2.45) is 0 Å². The second-order valence-corrected chi connectivity index (χ2v) is 7.26. The number of carbonyl (C=O) groups is 2. The van der Waals surface area contributed by atoms with Crippen LogP contribution in [0.4, 0.5) is 5.13 Å². The Morgan fingerprint density at radius 1 is 1.15 bits per heavy atom. The van der Waals surface area contributed by atoms with Crippen LogP contribution in [-0.2, 0) is 16.0 Å². The average Bonchev–Trinajstić information content (AvgIpc) is 3.02. The number of benzene rings is 2. The summed E-state index contributed by atoms with van der Waals surface area (Å²) in [5.74, 6) is 0.223. The fourth-order valence-corrected chi connectivity index (χ4v) is 3.40. The van der Waals surface area contributed by atoms with E-state index < -0.39 is 0 Å². The van der Waals surface area contributed by atoms with Crippen LogP contribution in [0.1, 0.15) is 29.8 Å². The molecule has 3 aromatic rings. The van der Waals surface area contributed by atoms with Crippen LogP contribution >= 0.6 is 11.3 Å². The largest absolute Gasteiger partial charge is 0.497 e. The van der Waals surface area contributed by atoms with Crippen molar-refractivity contribution in [1.82, 2.24) is 4.98 Å². The summed E-state index contributed by atoms with van der Waals surface area (Å²) in [6.45, 7) is 3.61. The minimum Gasteiger partial charge on any atom is -0.497 e. The van der Waals surface area contributed by atoms with E-state index >= 15 is 0 Å². The molecule has 2 aromatic carbocycles. The molecule has 0 fully saturated rings. The van der Waals surface area contributed by atoms with Gasteiger partial charge in [-0.05, 0) is 49.7 Å². The van der Waals surface area contributed by atoms with Gasteiger partial charge in [0.2, 0.25) is 5.91 Å². The lowest BCUT2D eigenvalue weighted by Crippen LogP contribution is -2.14. The number of amides is 1. The van der Waals surface area contributed by atoms with Gasteiger partial charge in [-0.1, -0.05) is 23.5 Å². The number of carbonyl (C=O) groups excluding carboxylic acids is 2. The normalized spacial score (nSPS) is 10.8. The maximum Gasteiger partial charge on any atom is 0.338 e. The number of anilines is 1. The highest BCUT2D eigenvalue weighted by Gasteiger charge is 2.13. The number of hydrogen-bond donors (Lipinski definition) is 1. The highest BCUT2D eigenvalue weighted by Crippen LogP contribution is 2.27. The van der Waals surface area contributed by atoms with Crippen LogP contribution in [0.25, 0.3) is 10.2 Å². The van der Waals surface area contributed by atoms with Crippen LogP contribution in [0, 0.1) is 0 Å². The summed E-state index contributed by atoms with van der Waals surface area (Å²) in [6, 6.07) is 12.5. The molecule has 0 saturated heterocycles. The van der Waals surface area contributed by atoms with Crippen LogP contribution < -0.4 is 10.1 Å². The summed E-state index contributed by atoms with van der Waals surface area (Å²) in [5.41, 5.74) is 2.07. The van der Waals surface area contributed by atoms with Crippen LogP contribution in [0.3, 0.4) is 0 Å². The van der Waals surface area contributed by atoms with Gasteiger partial charge in [0, 0.05) is 0 Å². The lowest BCUT2D eigenvalue weighted by atomic mass is 10.1. The van der Waals surface area contributed by atoms with Gasteiger partial charge in [0.25, 0.3) is 0 Å². The molecule has 0 atom stereocenters. The van der Waals surface area contributed by atoms with Crippen molar-refractivity contribution in [3.05, 3.63) is 53.6 Å². The number of nitrogens with one attached hydrogen (secondary N) is 1. The van der Waals surface area contributed by atoms with Gasteiger partial charge in [-0.25, -0.2) is 9.78 Å². The zero-order valence-corrected chi connectivity index (χ0v) is 16.1. The summed E-state index contributed by atoms with van der Waals surface area (Å²) in [6.07, 6.45) is 0.0637. The molecule has 0 aliphatic heterocycles. The Morgan fingerprint density at radius 2 is 1.89 bits per heavy atom. The summed E-state index contributed by atoms with van der Waals surface area (Å²) >= 11 is 1.32. The van der Waals surface area contributed by atoms with E-state index in [1.807, 2.05) is 24.3 Å². The van der Waals surface area contributed by atoms with E-state index in [0.29, 0.717) is 10.7 Å².